The molecule has 2 amide bonds. The molecule has 0 saturated carbocycles. The van der Waals surface area contributed by atoms with E-state index >= 15 is 0 Å². The van der Waals surface area contributed by atoms with Crippen molar-refractivity contribution in [2.45, 2.75) is 11.3 Å². The molecular formula is C16H18N4OS. The molecule has 2 aromatic rings. The van der Waals surface area contributed by atoms with E-state index in [0.29, 0.717) is 11.7 Å². The van der Waals surface area contributed by atoms with Crippen LogP contribution in [0, 0.1) is 5.92 Å². The zero-order valence-electron chi connectivity index (χ0n) is 12.2. The highest BCUT2D eigenvalue weighted by Gasteiger charge is 2.26. The zero-order chi connectivity index (χ0) is 15.2. The van der Waals surface area contributed by atoms with Crippen LogP contribution in [0.15, 0.2) is 53.8 Å². The Morgan fingerprint density at radius 2 is 2.18 bits per heavy atom. The maximum Gasteiger partial charge on any atom is 0.323 e. The van der Waals surface area contributed by atoms with Gasteiger partial charge in [0.2, 0.25) is 0 Å². The van der Waals surface area contributed by atoms with E-state index in [4.69, 9.17) is 0 Å². The highest BCUT2D eigenvalue weighted by molar-refractivity contribution is 7.99. The second-order valence-corrected chi connectivity index (χ2v) is 6.34. The van der Waals surface area contributed by atoms with Crippen LogP contribution in [-0.2, 0) is 0 Å². The highest BCUT2D eigenvalue weighted by Crippen LogP contribution is 2.26. The number of rotatable bonds is 4. The fraction of sp³-hybridized carbons (Fsp3) is 0.312. The predicted molar refractivity (Wildman–Crippen MR) is 87.9 cm³/mol. The second-order valence-electron chi connectivity index (χ2n) is 5.25. The van der Waals surface area contributed by atoms with Crippen LogP contribution in [0.1, 0.15) is 6.42 Å². The molecule has 2 heterocycles. The Morgan fingerprint density at radius 1 is 1.32 bits per heavy atom. The average Bonchev–Trinajstić information content (AvgIpc) is 3.04. The number of carbonyl (C=O) groups excluding carboxylic acids is 1. The number of urea groups is 1. The van der Waals surface area contributed by atoms with Gasteiger partial charge in [-0.15, -0.1) is 11.8 Å². The Bertz CT molecular complexity index is 608. The van der Waals surface area contributed by atoms with Gasteiger partial charge in [-0.1, -0.05) is 18.2 Å². The lowest BCUT2D eigenvalue weighted by molar-refractivity contribution is 0.221. The minimum absolute atomic E-state index is 0.0779. The lowest BCUT2D eigenvalue weighted by Crippen LogP contribution is -2.33. The first-order valence-electron chi connectivity index (χ1n) is 7.31. The molecule has 3 rings (SSSR count). The SMILES string of the molecule is O=C(Nc1ccncn1)N1CC[C@@H](CSc2ccccc2)C1. The lowest BCUT2D eigenvalue weighted by atomic mass is 10.2. The van der Waals surface area contributed by atoms with Gasteiger partial charge in [-0.05, 0) is 30.5 Å². The van der Waals surface area contributed by atoms with Crippen LogP contribution in [0.5, 0.6) is 0 Å². The molecule has 1 aromatic heterocycles. The Balaban J connectivity index is 1.46. The molecule has 1 aliphatic rings. The summed E-state index contributed by atoms with van der Waals surface area (Å²) in [5, 5.41) is 2.81. The molecule has 1 atom stereocenters. The van der Waals surface area contributed by atoms with Gasteiger partial charge in [0.05, 0.1) is 0 Å². The van der Waals surface area contributed by atoms with E-state index in [-0.39, 0.29) is 6.03 Å². The molecule has 0 aliphatic carbocycles. The van der Waals surface area contributed by atoms with Gasteiger partial charge in [0, 0.05) is 29.9 Å². The molecule has 6 heteroatoms. The van der Waals surface area contributed by atoms with E-state index in [9.17, 15) is 4.79 Å². The highest BCUT2D eigenvalue weighted by atomic mass is 32.2. The third kappa shape index (κ3) is 3.98. The topological polar surface area (TPSA) is 58.1 Å². The largest absolute Gasteiger partial charge is 0.324 e. The maximum absolute atomic E-state index is 12.2. The molecule has 0 spiro atoms. The van der Waals surface area contributed by atoms with Crippen LogP contribution in [0.2, 0.25) is 0 Å². The fourth-order valence-corrected chi connectivity index (χ4v) is 3.49. The number of nitrogens with zero attached hydrogens (tertiary/aromatic N) is 3. The van der Waals surface area contributed by atoms with Crippen molar-refractivity contribution >= 4 is 23.6 Å². The van der Waals surface area contributed by atoms with Crippen molar-refractivity contribution in [2.24, 2.45) is 5.92 Å². The molecular weight excluding hydrogens is 296 g/mol. The molecule has 1 aliphatic heterocycles. The molecule has 0 unspecified atom stereocenters. The van der Waals surface area contributed by atoms with E-state index in [0.717, 1.165) is 25.3 Å². The molecule has 1 N–H and O–H groups in total. The Hall–Kier alpha value is -2.08. The predicted octanol–water partition coefficient (Wildman–Crippen LogP) is 3.12. The summed E-state index contributed by atoms with van der Waals surface area (Å²) in [6.45, 7) is 1.60. The number of aromatic nitrogens is 2. The third-order valence-corrected chi connectivity index (χ3v) is 4.86. The third-order valence-electron chi connectivity index (χ3n) is 3.62. The molecule has 1 fully saturated rings. The van der Waals surface area contributed by atoms with Gasteiger partial charge in [-0.25, -0.2) is 14.8 Å². The summed E-state index contributed by atoms with van der Waals surface area (Å²) in [6.07, 6.45) is 4.10. The first kappa shape index (κ1) is 14.8. The zero-order valence-corrected chi connectivity index (χ0v) is 13.0. The number of anilines is 1. The molecule has 0 bridgehead atoms. The summed E-state index contributed by atoms with van der Waals surface area (Å²) in [7, 11) is 0. The number of amides is 2. The van der Waals surface area contributed by atoms with Gasteiger partial charge >= 0.3 is 6.03 Å². The summed E-state index contributed by atoms with van der Waals surface area (Å²) in [5.41, 5.74) is 0. The van der Waals surface area contributed by atoms with Crippen molar-refractivity contribution in [1.82, 2.24) is 14.9 Å². The van der Waals surface area contributed by atoms with Gasteiger partial charge in [-0.3, -0.25) is 5.32 Å². The minimum atomic E-state index is -0.0779. The molecule has 1 saturated heterocycles. The van der Waals surface area contributed by atoms with E-state index in [1.165, 1.54) is 11.2 Å². The number of benzene rings is 1. The Kier molecular flexibility index (Phi) is 4.90. The monoisotopic (exact) mass is 314 g/mol. The number of hydrogen-bond acceptors (Lipinski definition) is 4. The number of hydrogen-bond donors (Lipinski definition) is 1. The normalized spacial score (nSPS) is 17.5. The van der Waals surface area contributed by atoms with Crippen LogP contribution in [0.25, 0.3) is 0 Å². The molecule has 114 valence electrons. The lowest BCUT2D eigenvalue weighted by Gasteiger charge is -2.16. The van der Waals surface area contributed by atoms with Crippen LogP contribution < -0.4 is 5.32 Å². The summed E-state index contributed by atoms with van der Waals surface area (Å²) in [4.78, 5) is 23.2. The van der Waals surface area contributed by atoms with Crippen molar-refractivity contribution in [1.29, 1.82) is 0 Å². The quantitative estimate of drug-likeness (QED) is 0.881. The standard InChI is InChI=1S/C16H18N4OS/c21-16(19-15-6-8-17-12-18-15)20-9-7-13(10-20)11-22-14-4-2-1-3-5-14/h1-6,8,12-13H,7,9-11H2,(H,17,18,19,21)/t13-/m1/s1. The van der Waals surface area contributed by atoms with Crippen LogP contribution >= 0.6 is 11.8 Å². The van der Waals surface area contributed by atoms with Crippen molar-refractivity contribution < 1.29 is 4.79 Å². The molecule has 1 aromatic carbocycles. The number of likely N-dealkylation sites (tertiary alicyclic amines) is 1. The van der Waals surface area contributed by atoms with Crippen molar-refractivity contribution in [3.8, 4) is 0 Å². The number of thioether (sulfide) groups is 1. The van der Waals surface area contributed by atoms with Crippen LogP contribution in [0.3, 0.4) is 0 Å². The van der Waals surface area contributed by atoms with E-state index in [1.807, 2.05) is 22.7 Å². The molecule has 22 heavy (non-hydrogen) atoms. The summed E-state index contributed by atoms with van der Waals surface area (Å²) >= 11 is 1.86. The Labute approximate surface area is 134 Å². The molecule has 5 nitrogen and oxygen atoms in total. The van der Waals surface area contributed by atoms with E-state index in [2.05, 4.69) is 39.6 Å². The van der Waals surface area contributed by atoms with Crippen molar-refractivity contribution in [2.75, 3.05) is 24.2 Å². The Morgan fingerprint density at radius 3 is 2.95 bits per heavy atom. The average molecular weight is 314 g/mol. The summed E-state index contributed by atoms with van der Waals surface area (Å²) in [6, 6.07) is 12.0. The first-order valence-corrected chi connectivity index (χ1v) is 8.29. The first-order chi connectivity index (χ1) is 10.8. The maximum atomic E-state index is 12.2. The van der Waals surface area contributed by atoms with Gasteiger partial charge < -0.3 is 4.90 Å². The number of nitrogens with one attached hydrogen (secondary N) is 1. The number of carbonyl (C=O) groups is 1. The van der Waals surface area contributed by atoms with Crippen molar-refractivity contribution in [3.05, 3.63) is 48.9 Å². The second kappa shape index (κ2) is 7.26. The van der Waals surface area contributed by atoms with E-state index in [1.54, 1.807) is 12.3 Å². The minimum Gasteiger partial charge on any atom is -0.324 e. The van der Waals surface area contributed by atoms with E-state index < -0.39 is 0 Å². The van der Waals surface area contributed by atoms with Gasteiger partial charge in [0.1, 0.15) is 12.1 Å². The van der Waals surface area contributed by atoms with Crippen LogP contribution in [-0.4, -0.2) is 39.7 Å². The van der Waals surface area contributed by atoms with Crippen molar-refractivity contribution in [3.63, 3.8) is 0 Å². The van der Waals surface area contributed by atoms with Gasteiger partial charge in [0.25, 0.3) is 0 Å². The van der Waals surface area contributed by atoms with Crippen LogP contribution in [0.4, 0.5) is 10.6 Å². The van der Waals surface area contributed by atoms with Gasteiger partial charge in [0.15, 0.2) is 0 Å². The smallest absolute Gasteiger partial charge is 0.323 e. The fourth-order valence-electron chi connectivity index (χ4n) is 2.44. The summed E-state index contributed by atoms with van der Waals surface area (Å²) < 4.78 is 0. The molecule has 0 radical (unpaired) electrons. The summed E-state index contributed by atoms with van der Waals surface area (Å²) in [5.74, 6) is 2.13. The van der Waals surface area contributed by atoms with Gasteiger partial charge in [-0.2, -0.15) is 0 Å².